The van der Waals surface area contributed by atoms with Gasteiger partial charge in [-0.1, -0.05) is 6.42 Å². The monoisotopic (exact) mass is 467 g/mol. The highest BCUT2D eigenvalue weighted by Gasteiger charge is 2.38. The highest BCUT2D eigenvalue weighted by molar-refractivity contribution is 7.87. The highest BCUT2D eigenvalue weighted by atomic mass is 32.2. The lowest BCUT2D eigenvalue weighted by Crippen LogP contribution is -2.48. The predicted octanol–water partition coefficient (Wildman–Crippen LogP) is 1.91. The molecule has 11 heteroatoms. The van der Waals surface area contributed by atoms with Gasteiger partial charge >= 0.3 is 10.2 Å². The third-order valence-corrected chi connectivity index (χ3v) is 8.32. The Morgan fingerprint density at radius 3 is 2.62 bits per heavy atom. The molecule has 0 spiro atoms. The van der Waals surface area contributed by atoms with Crippen LogP contribution >= 0.6 is 0 Å². The first-order valence-corrected chi connectivity index (χ1v) is 12.4. The normalized spacial score (nSPS) is 27.5. The average Bonchev–Trinajstić information content (AvgIpc) is 3.36. The Hall–Kier alpha value is -1.92. The summed E-state index contributed by atoms with van der Waals surface area (Å²) in [5.74, 6) is -1.06. The summed E-state index contributed by atoms with van der Waals surface area (Å²) in [5, 5.41) is 4.37. The van der Waals surface area contributed by atoms with E-state index in [0.29, 0.717) is 39.2 Å². The molecule has 3 aliphatic heterocycles. The average molecular weight is 468 g/mol. The molecule has 1 aromatic carbocycles. The molecule has 2 fully saturated rings. The van der Waals surface area contributed by atoms with E-state index < -0.39 is 34.0 Å². The van der Waals surface area contributed by atoms with Crippen molar-refractivity contribution in [2.45, 2.75) is 57.0 Å². The molecule has 2 N–H and O–H groups in total. The first kappa shape index (κ1) is 21.9. The van der Waals surface area contributed by atoms with Gasteiger partial charge in [-0.2, -0.15) is 21.9 Å². The van der Waals surface area contributed by atoms with Gasteiger partial charge < -0.3 is 10.5 Å². The fourth-order valence-corrected chi connectivity index (χ4v) is 6.31. The molecule has 174 valence electrons. The van der Waals surface area contributed by atoms with Gasteiger partial charge in [-0.05, 0) is 37.5 Å². The summed E-state index contributed by atoms with van der Waals surface area (Å²) in [7, 11) is -3.63. The largest absolute Gasteiger partial charge is 0.370 e. The van der Waals surface area contributed by atoms with Crippen molar-refractivity contribution in [1.82, 2.24) is 18.4 Å². The number of aromatic nitrogens is 2. The number of hydrogen-bond acceptors (Lipinski definition) is 6. The number of rotatable bonds is 4. The molecule has 1 aromatic heterocycles. The molecule has 0 radical (unpaired) electrons. The van der Waals surface area contributed by atoms with Crippen LogP contribution in [0.25, 0.3) is 0 Å². The Balaban J connectivity index is 1.24. The summed E-state index contributed by atoms with van der Waals surface area (Å²) in [4.78, 5) is 2.15. The van der Waals surface area contributed by atoms with E-state index in [4.69, 9.17) is 10.5 Å². The number of halogens is 2. The second kappa shape index (κ2) is 8.45. The predicted molar refractivity (Wildman–Crippen MR) is 113 cm³/mol. The van der Waals surface area contributed by atoms with Crippen molar-refractivity contribution >= 4 is 10.2 Å². The summed E-state index contributed by atoms with van der Waals surface area (Å²) < 4.78 is 61.9. The summed E-state index contributed by atoms with van der Waals surface area (Å²) in [6.07, 6.45) is 4.25. The van der Waals surface area contributed by atoms with Crippen LogP contribution in [0.1, 0.15) is 48.6 Å². The van der Waals surface area contributed by atoms with Crippen LogP contribution < -0.4 is 5.73 Å². The standard InChI is InChI=1S/C21H27F2N5O3S/c22-15-4-5-18(23)17(8-15)21-19(24)9-16(13-31-21)26-10-14-11-28(25-20(14)12-26)32(29,30)27-6-2-1-3-7-27/h4-5,8,11,16,19,21H,1-3,6-7,9-10,12-13,24H2/t16?,19-,21+/m0/s1. The van der Waals surface area contributed by atoms with Crippen LogP contribution in [0.15, 0.2) is 24.4 Å². The minimum atomic E-state index is -3.63. The SMILES string of the molecule is N[C@H]1CC(N2Cc3cn(S(=O)(=O)N4CCCCC4)nc3C2)CO[C@@H]1c1cc(F)ccc1F. The maximum absolute atomic E-state index is 14.2. The zero-order valence-corrected chi connectivity index (χ0v) is 18.5. The van der Waals surface area contributed by atoms with E-state index in [0.717, 1.165) is 52.8 Å². The number of nitrogens with zero attached hydrogens (tertiary/aromatic N) is 4. The Morgan fingerprint density at radius 1 is 1.12 bits per heavy atom. The molecule has 0 amide bonds. The first-order chi connectivity index (χ1) is 15.3. The topological polar surface area (TPSA) is 93.7 Å². The maximum atomic E-state index is 14.2. The van der Waals surface area contributed by atoms with E-state index in [2.05, 4.69) is 10.00 Å². The van der Waals surface area contributed by atoms with E-state index in [1.807, 2.05) is 0 Å². The molecule has 2 aromatic rings. The molecule has 2 saturated heterocycles. The van der Waals surface area contributed by atoms with E-state index >= 15 is 0 Å². The molecule has 32 heavy (non-hydrogen) atoms. The summed E-state index contributed by atoms with van der Waals surface area (Å²) in [6, 6.07) is 2.79. The molecule has 3 aliphatic rings. The number of piperidine rings is 1. The van der Waals surface area contributed by atoms with Crippen molar-refractivity contribution in [2.24, 2.45) is 5.73 Å². The molecule has 0 saturated carbocycles. The molecule has 0 bridgehead atoms. The van der Waals surface area contributed by atoms with Gasteiger partial charge in [0.25, 0.3) is 0 Å². The second-order valence-corrected chi connectivity index (χ2v) is 10.6. The van der Waals surface area contributed by atoms with Crippen molar-refractivity contribution < 1.29 is 21.9 Å². The van der Waals surface area contributed by atoms with Crippen LogP contribution in [0.5, 0.6) is 0 Å². The molecule has 1 unspecified atom stereocenters. The fourth-order valence-electron chi connectivity index (χ4n) is 4.89. The van der Waals surface area contributed by atoms with Gasteiger partial charge in [0, 0.05) is 55.6 Å². The van der Waals surface area contributed by atoms with Gasteiger partial charge in [0.05, 0.1) is 12.3 Å². The van der Waals surface area contributed by atoms with Crippen LogP contribution in [0.4, 0.5) is 8.78 Å². The van der Waals surface area contributed by atoms with Crippen molar-refractivity contribution in [3.63, 3.8) is 0 Å². The zero-order chi connectivity index (χ0) is 22.5. The minimum Gasteiger partial charge on any atom is -0.370 e. The Morgan fingerprint density at radius 2 is 1.91 bits per heavy atom. The first-order valence-electron chi connectivity index (χ1n) is 11.0. The van der Waals surface area contributed by atoms with Crippen LogP contribution in [0.2, 0.25) is 0 Å². The van der Waals surface area contributed by atoms with Crippen LogP contribution in [-0.4, -0.2) is 58.6 Å². The van der Waals surface area contributed by atoms with Gasteiger partial charge in [-0.3, -0.25) is 4.90 Å². The Kier molecular flexibility index (Phi) is 5.79. The van der Waals surface area contributed by atoms with E-state index in [1.165, 1.54) is 4.31 Å². The highest BCUT2D eigenvalue weighted by Crippen LogP contribution is 2.34. The molecular weight excluding hydrogens is 440 g/mol. The lowest BCUT2D eigenvalue weighted by Gasteiger charge is -2.38. The van der Waals surface area contributed by atoms with Crippen LogP contribution in [0.3, 0.4) is 0 Å². The van der Waals surface area contributed by atoms with Crippen LogP contribution in [0, 0.1) is 11.6 Å². The van der Waals surface area contributed by atoms with Gasteiger partial charge in [0.1, 0.15) is 17.7 Å². The third-order valence-electron chi connectivity index (χ3n) is 6.64. The number of fused-ring (bicyclic) bond motifs is 1. The fraction of sp³-hybridized carbons (Fsp3) is 0.571. The van der Waals surface area contributed by atoms with Gasteiger partial charge in [0.15, 0.2) is 0 Å². The van der Waals surface area contributed by atoms with E-state index in [1.54, 1.807) is 6.20 Å². The number of hydrogen-bond donors (Lipinski definition) is 1. The lowest BCUT2D eigenvalue weighted by atomic mass is 9.93. The maximum Gasteiger partial charge on any atom is 0.322 e. The summed E-state index contributed by atoms with van der Waals surface area (Å²) in [5.41, 5.74) is 8.03. The third kappa shape index (κ3) is 3.96. The Bertz CT molecular complexity index is 1080. The van der Waals surface area contributed by atoms with Crippen molar-refractivity contribution in [3.05, 3.63) is 52.9 Å². The van der Waals surface area contributed by atoms with Crippen molar-refractivity contribution in [3.8, 4) is 0 Å². The van der Waals surface area contributed by atoms with Crippen LogP contribution in [-0.2, 0) is 28.0 Å². The van der Waals surface area contributed by atoms with Crippen molar-refractivity contribution in [2.75, 3.05) is 19.7 Å². The van der Waals surface area contributed by atoms with E-state index in [-0.39, 0.29) is 11.6 Å². The number of benzene rings is 1. The zero-order valence-electron chi connectivity index (χ0n) is 17.7. The van der Waals surface area contributed by atoms with Gasteiger partial charge in [-0.25, -0.2) is 8.78 Å². The Labute approximate surface area is 186 Å². The van der Waals surface area contributed by atoms with Crippen molar-refractivity contribution in [1.29, 1.82) is 0 Å². The minimum absolute atomic E-state index is 0.0146. The molecule has 0 aliphatic carbocycles. The van der Waals surface area contributed by atoms with E-state index in [9.17, 15) is 17.2 Å². The second-order valence-electron chi connectivity index (χ2n) is 8.82. The lowest BCUT2D eigenvalue weighted by molar-refractivity contribution is -0.0533. The molecule has 3 atom stereocenters. The summed E-state index contributed by atoms with van der Waals surface area (Å²) in [6.45, 7) is 2.43. The van der Waals surface area contributed by atoms with Gasteiger partial charge in [0.2, 0.25) is 0 Å². The molecular formula is C21H27F2N5O3S. The molecule has 5 rings (SSSR count). The van der Waals surface area contributed by atoms with Gasteiger partial charge in [-0.15, -0.1) is 0 Å². The number of ether oxygens (including phenoxy) is 1. The molecule has 4 heterocycles. The molecule has 8 nitrogen and oxygen atoms in total. The number of nitrogens with two attached hydrogens (primary N) is 1. The summed E-state index contributed by atoms with van der Waals surface area (Å²) >= 11 is 0. The smallest absolute Gasteiger partial charge is 0.322 e. The quantitative estimate of drug-likeness (QED) is 0.739.